The van der Waals surface area contributed by atoms with Crippen LogP contribution in [0.25, 0.3) is 0 Å². The maximum absolute atomic E-state index is 13.4. The maximum Gasteiger partial charge on any atom is 0.147 e. The van der Waals surface area contributed by atoms with Gasteiger partial charge in [0, 0.05) is 11.8 Å². The predicted molar refractivity (Wildman–Crippen MR) is 55.7 cm³/mol. The Morgan fingerprint density at radius 1 is 1.47 bits per heavy atom. The Bertz CT molecular complexity index is 347. The van der Waals surface area contributed by atoms with Gasteiger partial charge in [-0.3, -0.25) is 4.98 Å². The van der Waals surface area contributed by atoms with Gasteiger partial charge in [0.25, 0.3) is 0 Å². The maximum atomic E-state index is 13.4. The molecule has 0 spiro atoms. The summed E-state index contributed by atoms with van der Waals surface area (Å²) in [5.41, 5.74) is 0.219. The van der Waals surface area contributed by atoms with Crippen molar-refractivity contribution in [1.29, 1.82) is 0 Å². The van der Waals surface area contributed by atoms with E-state index in [-0.39, 0.29) is 5.41 Å². The number of pyridine rings is 1. The number of hydrogen-bond donors (Lipinski definition) is 1. The molecule has 1 heterocycles. The average molecular weight is 209 g/mol. The molecule has 0 amide bonds. The summed E-state index contributed by atoms with van der Waals surface area (Å²) in [5, 5.41) is 10.2. The smallest absolute Gasteiger partial charge is 0.147 e. The molecule has 1 aromatic rings. The highest BCUT2D eigenvalue weighted by Gasteiger charge is 2.37. The Morgan fingerprint density at radius 3 is 2.73 bits per heavy atom. The number of halogens is 1. The molecule has 1 aliphatic rings. The van der Waals surface area contributed by atoms with E-state index in [9.17, 15) is 9.50 Å². The molecule has 0 radical (unpaired) electrons. The van der Waals surface area contributed by atoms with Gasteiger partial charge >= 0.3 is 0 Å². The molecule has 0 aliphatic heterocycles. The van der Waals surface area contributed by atoms with E-state index in [0.717, 1.165) is 31.9 Å². The zero-order chi connectivity index (χ0) is 10.9. The molecule has 1 saturated carbocycles. The second-order valence-corrected chi connectivity index (χ2v) is 4.66. The SMILES string of the molecule is CC1(C(O)c2ccncc2F)CCCC1. The third kappa shape index (κ3) is 1.88. The minimum Gasteiger partial charge on any atom is -0.388 e. The number of aliphatic hydroxyl groups excluding tert-OH is 1. The topological polar surface area (TPSA) is 33.1 Å². The first-order valence-corrected chi connectivity index (χ1v) is 5.41. The highest BCUT2D eigenvalue weighted by Crippen LogP contribution is 2.47. The van der Waals surface area contributed by atoms with Gasteiger partial charge in [-0.05, 0) is 24.3 Å². The molecule has 82 valence electrons. The van der Waals surface area contributed by atoms with Crippen LogP contribution in [0.3, 0.4) is 0 Å². The molecular formula is C12H16FNO. The first kappa shape index (κ1) is 10.6. The van der Waals surface area contributed by atoms with E-state index >= 15 is 0 Å². The van der Waals surface area contributed by atoms with Crippen molar-refractivity contribution < 1.29 is 9.50 Å². The third-order valence-electron chi connectivity index (χ3n) is 3.50. The van der Waals surface area contributed by atoms with Crippen LogP contribution in [0, 0.1) is 11.2 Å². The van der Waals surface area contributed by atoms with E-state index < -0.39 is 11.9 Å². The molecule has 0 saturated heterocycles. The van der Waals surface area contributed by atoms with Crippen LogP contribution < -0.4 is 0 Å². The van der Waals surface area contributed by atoms with E-state index in [2.05, 4.69) is 4.98 Å². The van der Waals surface area contributed by atoms with Gasteiger partial charge in [-0.1, -0.05) is 19.8 Å². The minimum atomic E-state index is -0.706. The number of nitrogens with zero attached hydrogens (tertiary/aromatic N) is 1. The summed E-state index contributed by atoms with van der Waals surface area (Å²) in [4.78, 5) is 3.69. The van der Waals surface area contributed by atoms with Gasteiger partial charge in [0.05, 0.1) is 12.3 Å². The van der Waals surface area contributed by atoms with E-state index in [1.165, 1.54) is 6.20 Å². The molecule has 1 N–H and O–H groups in total. The normalized spacial score (nSPS) is 21.5. The van der Waals surface area contributed by atoms with Crippen LogP contribution in [0.15, 0.2) is 18.5 Å². The lowest BCUT2D eigenvalue weighted by molar-refractivity contribution is 0.0378. The van der Waals surface area contributed by atoms with Gasteiger partial charge in [0.1, 0.15) is 5.82 Å². The van der Waals surface area contributed by atoms with Crippen molar-refractivity contribution in [2.24, 2.45) is 5.41 Å². The minimum absolute atomic E-state index is 0.164. The summed E-state index contributed by atoms with van der Waals surface area (Å²) in [7, 11) is 0. The summed E-state index contributed by atoms with van der Waals surface area (Å²) >= 11 is 0. The van der Waals surface area contributed by atoms with E-state index in [0.29, 0.717) is 5.56 Å². The fourth-order valence-electron chi connectivity index (χ4n) is 2.44. The van der Waals surface area contributed by atoms with Gasteiger partial charge in [-0.15, -0.1) is 0 Å². The molecule has 1 atom stereocenters. The second kappa shape index (κ2) is 3.89. The van der Waals surface area contributed by atoms with Crippen LogP contribution in [0.5, 0.6) is 0 Å². The number of aromatic nitrogens is 1. The molecule has 0 aromatic carbocycles. The number of rotatable bonds is 2. The molecule has 1 fully saturated rings. The molecule has 1 aliphatic carbocycles. The molecule has 1 unspecified atom stereocenters. The fraction of sp³-hybridized carbons (Fsp3) is 0.583. The number of hydrogen-bond acceptors (Lipinski definition) is 2. The van der Waals surface area contributed by atoms with Crippen LogP contribution in [0.4, 0.5) is 4.39 Å². The van der Waals surface area contributed by atoms with Crippen molar-refractivity contribution >= 4 is 0 Å². The van der Waals surface area contributed by atoms with E-state index in [4.69, 9.17) is 0 Å². The highest BCUT2D eigenvalue weighted by molar-refractivity contribution is 5.18. The molecule has 3 heteroatoms. The molecule has 15 heavy (non-hydrogen) atoms. The average Bonchev–Trinajstić information content (AvgIpc) is 2.66. The van der Waals surface area contributed by atoms with Crippen molar-refractivity contribution in [2.75, 3.05) is 0 Å². The predicted octanol–water partition coefficient (Wildman–Crippen LogP) is 2.83. The summed E-state index contributed by atoms with van der Waals surface area (Å²) < 4.78 is 13.4. The van der Waals surface area contributed by atoms with Crippen LogP contribution in [-0.2, 0) is 0 Å². The summed E-state index contributed by atoms with van der Waals surface area (Å²) in [6.07, 6.45) is 6.17. The van der Waals surface area contributed by atoms with Crippen LogP contribution in [0.2, 0.25) is 0 Å². The lowest BCUT2D eigenvalue weighted by atomic mass is 9.79. The standard InChI is InChI=1S/C12H16FNO/c1-12(5-2-3-6-12)11(15)9-4-7-14-8-10(9)13/h4,7-8,11,15H,2-3,5-6H2,1H3. The first-order chi connectivity index (χ1) is 7.13. The van der Waals surface area contributed by atoms with Crippen LogP contribution >= 0.6 is 0 Å². The Morgan fingerprint density at radius 2 is 2.13 bits per heavy atom. The van der Waals surface area contributed by atoms with Crippen molar-refractivity contribution in [1.82, 2.24) is 4.98 Å². The van der Waals surface area contributed by atoms with Crippen molar-refractivity contribution in [3.05, 3.63) is 29.8 Å². The van der Waals surface area contributed by atoms with Gasteiger partial charge in [0.15, 0.2) is 0 Å². The van der Waals surface area contributed by atoms with E-state index in [1.807, 2.05) is 6.92 Å². The Hall–Kier alpha value is -0.960. The van der Waals surface area contributed by atoms with Gasteiger partial charge in [-0.25, -0.2) is 4.39 Å². The summed E-state index contributed by atoms with van der Waals surface area (Å²) in [6, 6.07) is 1.57. The van der Waals surface area contributed by atoms with Crippen LogP contribution in [0.1, 0.15) is 44.3 Å². The highest BCUT2D eigenvalue weighted by atomic mass is 19.1. The van der Waals surface area contributed by atoms with Crippen LogP contribution in [-0.4, -0.2) is 10.1 Å². The fourth-order valence-corrected chi connectivity index (χ4v) is 2.44. The third-order valence-corrected chi connectivity index (χ3v) is 3.50. The molecule has 0 bridgehead atoms. The molecule has 2 rings (SSSR count). The Labute approximate surface area is 89.2 Å². The Kier molecular flexibility index (Phi) is 2.74. The monoisotopic (exact) mass is 209 g/mol. The van der Waals surface area contributed by atoms with Crippen molar-refractivity contribution in [3.8, 4) is 0 Å². The summed E-state index contributed by atoms with van der Waals surface area (Å²) in [5.74, 6) is -0.405. The van der Waals surface area contributed by atoms with Gasteiger partial charge in [-0.2, -0.15) is 0 Å². The lowest BCUT2D eigenvalue weighted by Gasteiger charge is -2.30. The van der Waals surface area contributed by atoms with Crippen molar-refractivity contribution in [3.63, 3.8) is 0 Å². The zero-order valence-corrected chi connectivity index (χ0v) is 8.91. The largest absolute Gasteiger partial charge is 0.388 e. The van der Waals surface area contributed by atoms with Gasteiger partial charge < -0.3 is 5.11 Å². The molecule has 1 aromatic heterocycles. The Balaban J connectivity index is 2.27. The van der Waals surface area contributed by atoms with E-state index in [1.54, 1.807) is 6.07 Å². The molecular weight excluding hydrogens is 193 g/mol. The quantitative estimate of drug-likeness (QED) is 0.812. The van der Waals surface area contributed by atoms with Crippen molar-refractivity contribution in [2.45, 2.75) is 38.7 Å². The first-order valence-electron chi connectivity index (χ1n) is 5.41. The molecule has 2 nitrogen and oxygen atoms in total. The van der Waals surface area contributed by atoms with Gasteiger partial charge in [0.2, 0.25) is 0 Å². The second-order valence-electron chi connectivity index (χ2n) is 4.66. The number of aliphatic hydroxyl groups is 1. The lowest BCUT2D eigenvalue weighted by Crippen LogP contribution is -2.22. The zero-order valence-electron chi connectivity index (χ0n) is 8.91. The summed E-state index contributed by atoms with van der Waals surface area (Å²) in [6.45, 7) is 2.03.